The molecule has 1 saturated heterocycles. The summed E-state index contributed by atoms with van der Waals surface area (Å²) in [5.74, 6) is 0. The van der Waals surface area contributed by atoms with Crippen LogP contribution in [0.25, 0.3) is 0 Å². The van der Waals surface area contributed by atoms with Crippen LogP contribution in [0.15, 0.2) is 0 Å². The number of carbonyl (C=O) groups excluding carboxylic acids is 1. The van der Waals surface area contributed by atoms with E-state index in [-0.39, 0.29) is 17.4 Å². The van der Waals surface area contributed by atoms with Crippen molar-refractivity contribution in [1.29, 1.82) is 0 Å². The number of amides is 1. The number of hydrogen-bond donors (Lipinski definition) is 0. The minimum absolute atomic E-state index is 0.103. The number of rotatable bonds is 1. The molecule has 1 amide bonds. The van der Waals surface area contributed by atoms with Gasteiger partial charge in [0.1, 0.15) is 15.4 Å². The molecule has 0 radical (unpaired) electrons. The molecule has 0 aromatic carbocycles. The van der Waals surface area contributed by atoms with Crippen molar-refractivity contribution in [2.75, 3.05) is 12.8 Å². The SMILES string of the molecule is CC1CC(S(C)(=O)=O)CCN1C(=O)OC(C)(C)C. The third-order valence-electron chi connectivity index (χ3n) is 3.06. The predicted molar refractivity (Wildman–Crippen MR) is 70.3 cm³/mol. The van der Waals surface area contributed by atoms with Crippen LogP contribution in [0.1, 0.15) is 40.5 Å². The number of ether oxygens (including phenoxy) is 1. The van der Waals surface area contributed by atoms with Crippen molar-refractivity contribution in [3.05, 3.63) is 0 Å². The minimum atomic E-state index is -3.02. The van der Waals surface area contributed by atoms with Crippen molar-refractivity contribution >= 4 is 15.9 Å². The molecule has 5 nitrogen and oxygen atoms in total. The Bertz CT molecular complexity index is 410. The molecule has 106 valence electrons. The highest BCUT2D eigenvalue weighted by atomic mass is 32.2. The van der Waals surface area contributed by atoms with Crippen LogP contribution in [0.4, 0.5) is 4.79 Å². The molecule has 1 aliphatic rings. The summed E-state index contributed by atoms with van der Waals surface area (Å²) < 4.78 is 28.3. The fourth-order valence-electron chi connectivity index (χ4n) is 2.11. The second kappa shape index (κ2) is 5.07. The van der Waals surface area contributed by atoms with E-state index < -0.39 is 15.4 Å². The molecule has 0 bridgehead atoms. The normalized spacial score (nSPS) is 25.9. The van der Waals surface area contributed by atoms with E-state index in [1.54, 1.807) is 4.90 Å². The highest BCUT2D eigenvalue weighted by molar-refractivity contribution is 7.91. The second-order valence-electron chi connectivity index (χ2n) is 6.00. The van der Waals surface area contributed by atoms with Crippen molar-refractivity contribution in [3.8, 4) is 0 Å². The second-order valence-corrected chi connectivity index (χ2v) is 8.32. The lowest BCUT2D eigenvalue weighted by Crippen LogP contribution is -2.49. The fraction of sp³-hybridized carbons (Fsp3) is 0.917. The van der Waals surface area contributed by atoms with Crippen LogP contribution in [-0.2, 0) is 14.6 Å². The highest BCUT2D eigenvalue weighted by Gasteiger charge is 2.35. The first-order valence-corrected chi connectivity index (χ1v) is 8.14. The Morgan fingerprint density at radius 2 is 1.89 bits per heavy atom. The molecule has 18 heavy (non-hydrogen) atoms. The van der Waals surface area contributed by atoms with E-state index in [1.165, 1.54) is 6.26 Å². The monoisotopic (exact) mass is 277 g/mol. The minimum Gasteiger partial charge on any atom is -0.444 e. The molecule has 2 unspecified atom stereocenters. The first-order chi connectivity index (χ1) is 8.00. The van der Waals surface area contributed by atoms with Gasteiger partial charge in [-0.3, -0.25) is 0 Å². The Kier molecular flexibility index (Phi) is 4.30. The maximum absolute atomic E-state index is 11.9. The summed E-state index contributed by atoms with van der Waals surface area (Å²) in [5, 5.41) is -0.341. The molecule has 0 N–H and O–H groups in total. The van der Waals surface area contributed by atoms with Gasteiger partial charge < -0.3 is 9.64 Å². The van der Waals surface area contributed by atoms with Gasteiger partial charge in [0.2, 0.25) is 0 Å². The summed E-state index contributed by atoms with van der Waals surface area (Å²) in [6.07, 6.45) is 1.87. The Morgan fingerprint density at radius 3 is 2.28 bits per heavy atom. The van der Waals surface area contributed by atoms with Crippen molar-refractivity contribution in [3.63, 3.8) is 0 Å². The maximum atomic E-state index is 11.9. The predicted octanol–water partition coefficient (Wildman–Crippen LogP) is 1.82. The molecule has 0 aromatic rings. The van der Waals surface area contributed by atoms with Gasteiger partial charge in [-0.1, -0.05) is 0 Å². The molecule has 1 heterocycles. The van der Waals surface area contributed by atoms with E-state index in [4.69, 9.17) is 4.74 Å². The molecular formula is C12H23NO4S. The summed E-state index contributed by atoms with van der Waals surface area (Å²) in [6.45, 7) is 7.76. The molecule has 0 aliphatic carbocycles. The van der Waals surface area contributed by atoms with Crippen LogP contribution < -0.4 is 0 Å². The third-order valence-corrected chi connectivity index (χ3v) is 4.70. The smallest absolute Gasteiger partial charge is 0.410 e. The number of carbonyl (C=O) groups is 1. The van der Waals surface area contributed by atoms with Crippen LogP contribution in [0, 0.1) is 0 Å². The number of sulfone groups is 1. The number of likely N-dealkylation sites (tertiary alicyclic amines) is 1. The van der Waals surface area contributed by atoms with Crippen LogP contribution in [0.3, 0.4) is 0 Å². The van der Waals surface area contributed by atoms with Crippen molar-refractivity contribution in [2.24, 2.45) is 0 Å². The summed E-state index contributed by atoms with van der Waals surface area (Å²) in [6, 6.07) is -0.103. The van der Waals surface area contributed by atoms with Crippen molar-refractivity contribution in [2.45, 2.75) is 57.4 Å². The lowest BCUT2D eigenvalue weighted by Gasteiger charge is -2.37. The van der Waals surface area contributed by atoms with E-state index in [0.29, 0.717) is 19.4 Å². The Labute approximate surface area is 109 Å². The van der Waals surface area contributed by atoms with Gasteiger partial charge in [-0.2, -0.15) is 0 Å². The molecule has 0 spiro atoms. The molecule has 6 heteroatoms. The average molecular weight is 277 g/mol. The van der Waals surface area contributed by atoms with Gasteiger partial charge in [0, 0.05) is 18.8 Å². The number of nitrogens with zero attached hydrogens (tertiary/aromatic N) is 1. The summed E-state index contributed by atoms with van der Waals surface area (Å²) in [4.78, 5) is 13.6. The molecule has 1 fully saturated rings. The van der Waals surface area contributed by atoms with E-state index in [2.05, 4.69) is 0 Å². The largest absolute Gasteiger partial charge is 0.444 e. The highest BCUT2D eigenvalue weighted by Crippen LogP contribution is 2.24. The zero-order valence-corrected chi connectivity index (χ0v) is 12.6. The average Bonchev–Trinajstić information content (AvgIpc) is 2.12. The molecule has 1 rings (SSSR count). The molecular weight excluding hydrogens is 254 g/mol. The quantitative estimate of drug-likeness (QED) is 0.733. The van der Waals surface area contributed by atoms with Gasteiger partial charge in [0.15, 0.2) is 0 Å². The van der Waals surface area contributed by atoms with Crippen LogP contribution in [0.5, 0.6) is 0 Å². The van der Waals surface area contributed by atoms with Crippen LogP contribution >= 0.6 is 0 Å². The van der Waals surface area contributed by atoms with E-state index in [1.807, 2.05) is 27.7 Å². The van der Waals surface area contributed by atoms with Crippen molar-refractivity contribution < 1.29 is 17.9 Å². The Balaban J connectivity index is 2.66. The Morgan fingerprint density at radius 1 is 1.33 bits per heavy atom. The number of hydrogen-bond acceptors (Lipinski definition) is 4. The van der Waals surface area contributed by atoms with Gasteiger partial charge in [0.25, 0.3) is 0 Å². The lowest BCUT2D eigenvalue weighted by atomic mass is 10.0. The molecule has 2 atom stereocenters. The van der Waals surface area contributed by atoms with E-state index in [9.17, 15) is 13.2 Å². The van der Waals surface area contributed by atoms with E-state index in [0.717, 1.165) is 0 Å². The summed E-state index contributed by atoms with van der Waals surface area (Å²) >= 11 is 0. The first-order valence-electron chi connectivity index (χ1n) is 6.19. The van der Waals surface area contributed by atoms with Crippen LogP contribution in [-0.4, -0.2) is 49.1 Å². The molecule has 1 aliphatic heterocycles. The lowest BCUT2D eigenvalue weighted by molar-refractivity contribution is 0.0123. The van der Waals surface area contributed by atoms with Gasteiger partial charge in [-0.05, 0) is 40.5 Å². The maximum Gasteiger partial charge on any atom is 0.410 e. The summed E-state index contributed by atoms with van der Waals surface area (Å²) in [5.41, 5.74) is -0.523. The van der Waals surface area contributed by atoms with Crippen molar-refractivity contribution in [1.82, 2.24) is 4.90 Å². The standard InChI is InChI=1S/C12H23NO4S/c1-9-8-10(18(5,15)16)6-7-13(9)11(14)17-12(2,3)4/h9-10H,6-8H2,1-5H3. The Hall–Kier alpha value is -0.780. The van der Waals surface area contributed by atoms with Gasteiger partial charge >= 0.3 is 6.09 Å². The van der Waals surface area contributed by atoms with Gasteiger partial charge in [-0.15, -0.1) is 0 Å². The van der Waals surface area contributed by atoms with Gasteiger partial charge in [0.05, 0.1) is 5.25 Å². The molecule has 0 saturated carbocycles. The fourth-order valence-corrected chi connectivity index (χ4v) is 3.27. The first kappa shape index (κ1) is 15.3. The third kappa shape index (κ3) is 4.15. The summed E-state index contributed by atoms with van der Waals surface area (Å²) in [7, 11) is -3.02. The topological polar surface area (TPSA) is 63.7 Å². The van der Waals surface area contributed by atoms with Gasteiger partial charge in [-0.25, -0.2) is 13.2 Å². The zero-order chi connectivity index (χ0) is 14.1. The van der Waals surface area contributed by atoms with E-state index >= 15 is 0 Å². The molecule has 0 aromatic heterocycles. The zero-order valence-electron chi connectivity index (χ0n) is 11.8. The number of piperidine rings is 1. The van der Waals surface area contributed by atoms with Crippen LogP contribution in [0.2, 0.25) is 0 Å².